The van der Waals surface area contributed by atoms with E-state index in [4.69, 9.17) is 5.84 Å². The lowest BCUT2D eigenvalue weighted by Gasteiger charge is -2.18. The Morgan fingerprint density at radius 1 is 1.30 bits per heavy atom. The lowest BCUT2D eigenvalue weighted by atomic mass is 9.97. The molecular formula is C15H18N4S. The molecular weight excluding hydrogens is 268 g/mol. The molecule has 3 aromatic rings. The molecule has 0 saturated carbocycles. The van der Waals surface area contributed by atoms with Gasteiger partial charge in [-0.05, 0) is 36.2 Å². The second-order valence-corrected chi connectivity index (χ2v) is 5.91. The van der Waals surface area contributed by atoms with Gasteiger partial charge < -0.3 is 0 Å². The summed E-state index contributed by atoms with van der Waals surface area (Å²) in [5.41, 5.74) is 7.49. The van der Waals surface area contributed by atoms with Crippen LogP contribution in [0.25, 0.3) is 10.1 Å². The number of hydrogen-bond donors (Lipinski definition) is 2. The number of fused-ring (bicyclic) bond motifs is 1. The molecule has 1 unspecified atom stereocenters. The van der Waals surface area contributed by atoms with Gasteiger partial charge in [0.1, 0.15) is 0 Å². The van der Waals surface area contributed by atoms with Gasteiger partial charge in [0.05, 0.1) is 11.7 Å². The number of hydrogen-bond acceptors (Lipinski definition) is 4. The zero-order valence-corrected chi connectivity index (χ0v) is 12.7. The first-order chi connectivity index (χ1) is 9.63. The number of nitrogens with one attached hydrogen (secondary N) is 1. The Bertz CT molecular complexity index is 756. The van der Waals surface area contributed by atoms with Gasteiger partial charge in [-0.3, -0.25) is 10.5 Å². The third-order valence-electron chi connectivity index (χ3n) is 3.84. The number of thiophene rings is 1. The summed E-state index contributed by atoms with van der Waals surface area (Å²) in [6, 6.07) is 8.45. The van der Waals surface area contributed by atoms with Gasteiger partial charge >= 0.3 is 0 Å². The monoisotopic (exact) mass is 286 g/mol. The highest BCUT2D eigenvalue weighted by molar-refractivity contribution is 7.17. The van der Waals surface area contributed by atoms with E-state index in [0.29, 0.717) is 0 Å². The lowest BCUT2D eigenvalue weighted by Crippen LogP contribution is -2.29. The molecule has 0 saturated heterocycles. The van der Waals surface area contributed by atoms with Crippen molar-refractivity contribution < 1.29 is 0 Å². The van der Waals surface area contributed by atoms with Crippen molar-refractivity contribution in [2.75, 3.05) is 0 Å². The first kappa shape index (κ1) is 13.3. The molecule has 3 N–H and O–H groups in total. The van der Waals surface area contributed by atoms with Crippen LogP contribution < -0.4 is 11.3 Å². The van der Waals surface area contributed by atoms with Crippen molar-refractivity contribution in [3.63, 3.8) is 0 Å². The van der Waals surface area contributed by atoms with Crippen LogP contribution in [0.4, 0.5) is 0 Å². The SMILES string of the molecule is Cc1nn(C)c(C)c1C(NN)c1cccc2ccsc12. The summed E-state index contributed by atoms with van der Waals surface area (Å²) in [6.45, 7) is 4.11. The van der Waals surface area contributed by atoms with E-state index in [1.54, 1.807) is 11.3 Å². The van der Waals surface area contributed by atoms with Crippen LogP contribution in [0.15, 0.2) is 29.6 Å². The summed E-state index contributed by atoms with van der Waals surface area (Å²) >= 11 is 1.75. The molecule has 2 aromatic heterocycles. The summed E-state index contributed by atoms with van der Waals surface area (Å²) in [7, 11) is 1.96. The molecule has 0 aliphatic rings. The Hall–Kier alpha value is -1.69. The Balaban J connectivity index is 2.21. The van der Waals surface area contributed by atoms with Gasteiger partial charge in [0.15, 0.2) is 0 Å². The zero-order valence-electron chi connectivity index (χ0n) is 11.8. The van der Waals surface area contributed by atoms with E-state index in [-0.39, 0.29) is 6.04 Å². The Kier molecular flexibility index (Phi) is 3.33. The third-order valence-corrected chi connectivity index (χ3v) is 4.82. The summed E-state index contributed by atoms with van der Waals surface area (Å²) in [5.74, 6) is 5.86. The van der Waals surface area contributed by atoms with Crippen LogP contribution in [0.1, 0.15) is 28.6 Å². The van der Waals surface area contributed by atoms with E-state index in [0.717, 1.165) is 17.0 Å². The molecule has 104 valence electrons. The van der Waals surface area contributed by atoms with Gasteiger partial charge in [-0.25, -0.2) is 5.43 Å². The average Bonchev–Trinajstić information content (AvgIpc) is 3.00. The fourth-order valence-electron chi connectivity index (χ4n) is 2.78. The molecule has 1 aromatic carbocycles. The first-order valence-corrected chi connectivity index (χ1v) is 7.43. The van der Waals surface area contributed by atoms with Gasteiger partial charge in [-0.1, -0.05) is 18.2 Å². The summed E-state index contributed by atoms with van der Waals surface area (Å²) < 4.78 is 3.18. The third kappa shape index (κ3) is 1.95. The van der Waals surface area contributed by atoms with Crippen LogP contribution in [0.3, 0.4) is 0 Å². The van der Waals surface area contributed by atoms with Gasteiger partial charge in [0, 0.05) is 23.0 Å². The van der Waals surface area contributed by atoms with E-state index in [1.807, 2.05) is 18.7 Å². The molecule has 0 amide bonds. The zero-order chi connectivity index (χ0) is 14.3. The van der Waals surface area contributed by atoms with Gasteiger partial charge in [-0.15, -0.1) is 11.3 Å². The van der Waals surface area contributed by atoms with Crippen LogP contribution in [0.5, 0.6) is 0 Å². The maximum absolute atomic E-state index is 5.86. The van der Waals surface area contributed by atoms with Crippen molar-refractivity contribution in [1.29, 1.82) is 0 Å². The number of benzene rings is 1. The number of aromatic nitrogens is 2. The first-order valence-electron chi connectivity index (χ1n) is 6.55. The normalized spacial score (nSPS) is 13.0. The predicted molar refractivity (Wildman–Crippen MR) is 83.7 cm³/mol. The highest BCUT2D eigenvalue weighted by Gasteiger charge is 2.22. The van der Waals surface area contributed by atoms with Gasteiger partial charge in [0.2, 0.25) is 0 Å². The number of aryl methyl sites for hydroxylation is 2. The average molecular weight is 286 g/mol. The summed E-state index contributed by atoms with van der Waals surface area (Å²) in [5, 5.41) is 7.87. The van der Waals surface area contributed by atoms with Crippen molar-refractivity contribution in [2.24, 2.45) is 12.9 Å². The lowest BCUT2D eigenvalue weighted by molar-refractivity contribution is 0.633. The van der Waals surface area contributed by atoms with Crippen molar-refractivity contribution >= 4 is 21.4 Å². The van der Waals surface area contributed by atoms with Gasteiger partial charge in [-0.2, -0.15) is 5.10 Å². The number of nitrogens with zero attached hydrogens (tertiary/aromatic N) is 2. The quantitative estimate of drug-likeness (QED) is 0.575. The Morgan fingerprint density at radius 2 is 2.10 bits per heavy atom. The van der Waals surface area contributed by atoms with E-state index in [1.165, 1.54) is 15.6 Å². The number of nitrogens with two attached hydrogens (primary N) is 1. The van der Waals surface area contributed by atoms with Crippen LogP contribution in [0.2, 0.25) is 0 Å². The Morgan fingerprint density at radius 3 is 2.75 bits per heavy atom. The fraction of sp³-hybridized carbons (Fsp3) is 0.267. The summed E-state index contributed by atoms with van der Waals surface area (Å²) in [4.78, 5) is 0. The van der Waals surface area contributed by atoms with E-state index in [2.05, 4.69) is 47.1 Å². The van der Waals surface area contributed by atoms with Crippen molar-refractivity contribution in [3.05, 3.63) is 52.2 Å². The van der Waals surface area contributed by atoms with E-state index < -0.39 is 0 Å². The van der Waals surface area contributed by atoms with Crippen LogP contribution in [0, 0.1) is 13.8 Å². The van der Waals surface area contributed by atoms with Crippen molar-refractivity contribution in [2.45, 2.75) is 19.9 Å². The number of rotatable bonds is 3. The molecule has 0 radical (unpaired) electrons. The van der Waals surface area contributed by atoms with Crippen molar-refractivity contribution in [1.82, 2.24) is 15.2 Å². The molecule has 0 fully saturated rings. The molecule has 3 rings (SSSR count). The summed E-state index contributed by atoms with van der Waals surface area (Å²) in [6.07, 6.45) is 0. The fourth-order valence-corrected chi connectivity index (χ4v) is 3.72. The molecule has 4 nitrogen and oxygen atoms in total. The molecule has 5 heteroatoms. The standard InChI is InChI=1S/C15H18N4S/c1-9-13(10(2)19(3)18-9)14(17-16)12-6-4-5-11-7-8-20-15(11)12/h4-8,14,17H,16H2,1-3H3. The van der Waals surface area contributed by atoms with Crippen LogP contribution in [-0.4, -0.2) is 9.78 Å². The molecule has 0 aliphatic carbocycles. The second-order valence-electron chi connectivity index (χ2n) is 4.99. The second kappa shape index (κ2) is 5.01. The molecule has 2 heterocycles. The maximum Gasteiger partial charge on any atom is 0.0759 e. The van der Waals surface area contributed by atoms with E-state index in [9.17, 15) is 0 Å². The van der Waals surface area contributed by atoms with Crippen molar-refractivity contribution in [3.8, 4) is 0 Å². The largest absolute Gasteiger partial charge is 0.272 e. The Labute approximate surface area is 122 Å². The van der Waals surface area contributed by atoms with E-state index >= 15 is 0 Å². The molecule has 20 heavy (non-hydrogen) atoms. The van der Waals surface area contributed by atoms with Crippen LogP contribution >= 0.6 is 11.3 Å². The highest BCUT2D eigenvalue weighted by atomic mass is 32.1. The maximum atomic E-state index is 5.86. The smallest absolute Gasteiger partial charge is 0.0759 e. The minimum absolute atomic E-state index is 0.0361. The topological polar surface area (TPSA) is 55.9 Å². The highest BCUT2D eigenvalue weighted by Crippen LogP contribution is 2.34. The molecule has 0 aliphatic heterocycles. The molecule has 0 spiro atoms. The van der Waals surface area contributed by atoms with Gasteiger partial charge in [0.25, 0.3) is 0 Å². The minimum Gasteiger partial charge on any atom is -0.272 e. The number of hydrazine groups is 1. The van der Waals surface area contributed by atoms with Crippen LogP contribution in [-0.2, 0) is 7.05 Å². The molecule has 0 bridgehead atoms. The molecule has 1 atom stereocenters. The predicted octanol–water partition coefficient (Wildman–Crippen LogP) is 2.80. The minimum atomic E-state index is -0.0361.